The predicted octanol–water partition coefficient (Wildman–Crippen LogP) is 4.82. The average molecular weight is 547 g/mol. The first-order valence-corrected chi connectivity index (χ1v) is 11.8. The number of amides is 1. The summed E-state index contributed by atoms with van der Waals surface area (Å²) in [6.45, 7) is 3.73. The van der Waals surface area contributed by atoms with Crippen molar-refractivity contribution in [2.75, 3.05) is 5.73 Å². The highest BCUT2D eigenvalue weighted by atomic mass is 35.5. The predicted molar refractivity (Wildman–Crippen MR) is 131 cm³/mol. The first-order chi connectivity index (χ1) is 17.0. The number of nitrogens with two attached hydrogens (primary N) is 2. The quantitative estimate of drug-likeness (QED) is 0.470. The minimum absolute atomic E-state index is 0.00295. The first kappa shape index (κ1) is 29.9. The number of ether oxygens (including phenoxy) is 1. The van der Waals surface area contributed by atoms with E-state index in [1.54, 1.807) is 0 Å². The van der Waals surface area contributed by atoms with Crippen molar-refractivity contribution in [2.45, 2.75) is 75.6 Å². The molecule has 3 rings (SSSR count). The van der Waals surface area contributed by atoms with Gasteiger partial charge in [0.2, 0.25) is 0 Å². The molecule has 0 radical (unpaired) electrons. The highest BCUT2D eigenvalue weighted by molar-refractivity contribution is 6.30. The molecule has 204 valence electrons. The van der Waals surface area contributed by atoms with Gasteiger partial charge in [-0.3, -0.25) is 4.79 Å². The fourth-order valence-corrected chi connectivity index (χ4v) is 4.66. The molecule has 0 unspecified atom stereocenters. The van der Waals surface area contributed by atoms with Crippen LogP contribution >= 0.6 is 11.6 Å². The van der Waals surface area contributed by atoms with Gasteiger partial charge in [-0.05, 0) is 81.5 Å². The molecule has 1 aromatic carbocycles. The fourth-order valence-electron chi connectivity index (χ4n) is 4.47. The van der Waals surface area contributed by atoms with E-state index in [-0.39, 0.29) is 17.0 Å². The molecule has 1 aromatic heterocycles. The Labute approximate surface area is 216 Å². The molecule has 1 aliphatic carbocycles. The van der Waals surface area contributed by atoms with E-state index in [1.165, 1.54) is 16.8 Å². The van der Waals surface area contributed by atoms with Gasteiger partial charge in [-0.2, -0.15) is 18.3 Å². The van der Waals surface area contributed by atoms with Gasteiger partial charge in [0, 0.05) is 11.1 Å². The first-order valence-electron chi connectivity index (χ1n) is 11.4. The molecule has 0 atom stereocenters. The van der Waals surface area contributed by atoms with Gasteiger partial charge in [0.1, 0.15) is 11.4 Å². The molecular formula is C24H30ClF3N4O5. The number of hydrogen-bond acceptors (Lipinski definition) is 6. The maximum Gasteiger partial charge on any atom is 0.490 e. The monoisotopic (exact) mass is 546 g/mol. The van der Waals surface area contributed by atoms with Gasteiger partial charge >= 0.3 is 18.2 Å². The Hall–Kier alpha value is -3.28. The van der Waals surface area contributed by atoms with Crippen LogP contribution in [0.3, 0.4) is 0 Å². The third kappa shape index (κ3) is 8.66. The number of carboxylic acids is 1. The topological polar surface area (TPSA) is 151 Å². The standard InChI is InChI=1S/C22H29ClN4O3.C2HF3O2/c1-21(2,30-20(25)29)12-13-22(15-4-3-5-16(23)14-15)10-8-17(9-11-22)27-19(28)7-6-18(24)26-27;3-2(4,5)1(6)7/h3-7,14,17H,8-13H2,1-2H3,(H2,24,26)(H2,25,29);(H,6,7). The van der Waals surface area contributed by atoms with Gasteiger partial charge in [-0.1, -0.05) is 23.7 Å². The summed E-state index contributed by atoms with van der Waals surface area (Å²) in [5.74, 6) is -2.42. The zero-order valence-electron chi connectivity index (χ0n) is 20.4. The lowest BCUT2D eigenvalue weighted by atomic mass is 9.65. The number of alkyl halides is 3. The largest absolute Gasteiger partial charge is 0.490 e. The number of benzene rings is 1. The minimum atomic E-state index is -5.08. The molecule has 5 N–H and O–H groups in total. The molecule has 1 heterocycles. The summed E-state index contributed by atoms with van der Waals surface area (Å²) in [6.07, 6.45) is -1.10. The molecular weight excluding hydrogens is 517 g/mol. The van der Waals surface area contributed by atoms with Gasteiger partial charge < -0.3 is 21.3 Å². The van der Waals surface area contributed by atoms with Crippen LogP contribution in [-0.4, -0.2) is 38.7 Å². The summed E-state index contributed by atoms with van der Waals surface area (Å²) >= 11 is 6.29. The summed E-state index contributed by atoms with van der Waals surface area (Å²) in [6, 6.07) is 10.9. The van der Waals surface area contributed by atoms with Crippen molar-refractivity contribution in [1.82, 2.24) is 9.78 Å². The van der Waals surface area contributed by atoms with E-state index in [0.717, 1.165) is 37.7 Å². The Morgan fingerprint density at radius 2 is 1.81 bits per heavy atom. The van der Waals surface area contributed by atoms with Gasteiger partial charge in [-0.25, -0.2) is 14.3 Å². The minimum Gasteiger partial charge on any atom is -0.475 e. The Balaban J connectivity index is 0.000000604. The summed E-state index contributed by atoms with van der Waals surface area (Å²) in [5.41, 5.74) is 11.2. The van der Waals surface area contributed by atoms with E-state index in [0.29, 0.717) is 17.3 Å². The second kappa shape index (κ2) is 11.8. The molecule has 2 aromatic rings. The molecule has 9 nitrogen and oxygen atoms in total. The lowest BCUT2D eigenvalue weighted by Gasteiger charge is -2.42. The number of aromatic nitrogens is 2. The van der Waals surface area contributed by atoms with E-state index < -0.39 is 23.8 Å². The number of hydrogen-bond donors (Lipinski definition) is 3. The van der Waals surface area contributed by atoms with Crippen LogP contribution in [0.25, 0.3) is 0 Å². The van der Waals surface area contributed by atoms with Gasteiger partial charge in [0.05, 0.1) is 6.04 Å². The molecule has 0 aliphatic heterocycles. The van der Waals surface area contributed by atoms with Crippen molar-refractivity contribution in [1.29, 1.82) is 0 Å². The molecule has 0 bridgehead atoms. The maximum atomic E-state index is 12.3. The van der Waals surface area contributed by atoms with Crippen molar-refractivity contribution in [3.05, 3.63) is 57.3 Å². The fraction of sp³-hybridized carbons (Fsp3) is 0.500. The number of halogens is 4. The van der Waals surface area contributed by atoms with Crippen molar-refractivity contribution < 1.29 is 32.6 Å². The molecule has 0 spiro atoms. The Bertz CT molecular complexity index is 1160. The third-order valence-electron chi connectivity index (χ3n) is 6.37. The number of aliphatic carboxylic acids is 1. The molecule has 1 aliphatic rings. The summed E-state index contributed by atoms with van der Waals surface area (Å²) in [5, 5.41) is 12.1. The van der Waals surface area contributed by atoms with E-state index >= 15 is 0 Å². The summed E-state index contributed by atoms with van der Waals surface area (Å²) in [7, 11) is 0. The van der Waals surface area contributed by atoms with Crippen LogP contribution in [-0.2, 0) is 14.9 Å². The van der Waals surface area contributed by atoms with Gasteiger partial charge in [0.25, 0.3) is 5.56 Å². The number of nitrogen functional groups attached to an aromatic ring is 1. The molecule has 37 heavy (non-hydrogen) atoms. The SMILES string of the molecule is CC(C)(CCC1(c2cccc(Cl)c2)CCC(n2nc(N)ccc2=O)CC1)OC(N)=O.O=C(O)C(F)(F)F. The van der Waals surface area contributed by atoms with Crippen LogP contribution in [0.4, 0.5) is 23.8 Å². The molecule has 1 saturated carbocycles. The normalized spacial score (nSPS) is 19.9. The van der Waals surface area contributed by atoms with Gasteiger partial charge in [0.15, 0.2) is 0 Å². The van der Waals surface area contributed by atoms with Crippen molar-refractivity contribution in [3.63, 3.8) is 0 Å². The summed E-state index contributed by atoms with van der Waals surface area (Å²) in [4.78, 5) is 32.4. The van der Waals surface area contributed by atoms with Crippen LogP contribution < -0.4 is 17.0 Å². The zero-order chi connectivity index (χ0) is 28.0. The van der Waals surface area contributed by atoms with Crippen molar-refractivity contribution in [2.24, 2.45) is 5.73 Å². The number of rotatable bonds is 6. The third-order valence-corrected chi connectivity index (χ3v) is 6.60. The highest BCUT2D eigenvalue weighted by Gasteiger charge is 2.40. The number of carboxylic acid groups (broad SMARTS) is 1. The van der Waals surface area contributed by atoms with Crippen LogP contribution in [0.1, 0.15) is 64.0 Å². The lowest BCUT2D eigenvalue weighted by Crippen LogP contribution is -2.39. The summed E-state index contributed by atoms with van der Waals surface area (Å²) < 4.78 is 38.5. The van der Waals surface area contributed by atoms with Crippen molar-refractivity contribution >= 4 is 29.5 Å². The van der Waals surface area contributed by atoms with E-state index in [9.17, 15) is 22.8 Å². The Kier molecular flexibility index (Phi) is 9.59. The number of nitrogens with zero attached hydrogens (tertiary/aromatic N) is 2. The molecule has 1 fully saturated rings. The number of carbonyl (C=O) groups is 2. The van der Waals surface area contributed by atoms with E-state index in [2.05, 4.69) is 11.2 Å². The van der Waals surface area contributed by atoms with Crippen molar-refractivity contribution in [3.8, 4) is 0 Å². The maximum absolute atomic E-state index is 12.3. The molecule has 0 saturated heterocycles. The van der Waals surface area contributed by atoms with Crippen LogP contribution in [0.15, 0.2) is 41.2 Å². The smallest absolute Gasteiger partial charge is 0.475 e. The van der Waals surface area contributed by atoms with Crippen LogP contribution in [0, 0.1) is 0 Å². The van der Waals surface area contributed by atoms with Crippen LogP contribution in [0.5, 0.6) is 0 Å². The average Bonchev–Trinajstić information content (AvgIpc) is 2.79. The van der Waals surface area contributed by atoms with E-state index in [4.69, 9.17) is 37.7 Å². The number of carbonyl (C=O) groups excluding carboxylic acids is 1. The van der Waals surface area contributed by atoms with Crippen LogP contribution in [0.2, 0.25) is 5.02 Å². The number of primary amides is 1. The number of anilines is 1. The van der Waals surface area contributed by atoms with E-state index in [1.807, 2.05) is 32.0 Å². The Morgan fingerprint density at radius 3 is 2.32 bits per heavy atom. The Morgan fingerprint density at radius 1 is 1.22 bits per heavy atom. The molecule has 1 amide bonds. The highest BCUT2D eigenvalue weighted by Crippen LogP contribution is 2.47. The van der Waals surface area contributed by atoms with Gasteiger partial charge in [-0.15, -0.1) is 0 Å². The second-order valence-corrected chi connectivity index (χ2v) is 9.98. The zero-order valence-corrected chi connectivity index (χ0v) is 21.2. The lowest BCUT2D eigenvalue weighted by molar-refractivity contribution is -0.192. The second-order valence-electron chi connectivity index (χ2n) is 9.55. The molecule has 13 heteroatoms.